The van der Waals surface area contributed by atoms with E-state index in [-0.39, 0.29) is 5.41 Å². The molecule has 1 aromatic rings. The highest BCUT2D eigenvalue weighted by Gasteiger charge is 2.38. The molecule has 0 saturated heterocycles. The molecule has 1 aliphatic heterocycles. The van der Waals surface area contributed by atoms with Crippen LogP contribution < -0.4 is 0 Å². The molecule has 0 spiro atoms. The van der Waals surface area contributed by atoms with E-state index in [2.05, 4.69) is 32.9 Å². The summed E-state index contributed by atoms with van der Waals surface area (Å²) in [7, 11) is 1.33. The minimum Gasteiger partial charge on any atom is -0.467 e. The lowest BCUT2D eigenvalue weighted by atomic mass is 9.86. The molecule has 0 aliphatic carbocycles. The van der Waals surface area contributed by atoms with E-state index in [0.717, 1.165) is 11.1 Å². The van der Waals surface area contributed by atoms with Crippen LogP contribution in [0.3, 0.4) is 0 Å². The molecule has 26 heavy (non-hydrogen) atoms. The predicted octanol–water partition coefficient (Wildman–Crippen LogP) is 4.51. The third kappa shape index (κ3) is 4.65. The van der Waals surface area contributed by atoms with Gasteiger partial charge in [-0.05, 0) is 42.9 Å². The fraction of sp³-hybridized carbons (Fsp3) is 0.524. The molecule has 0 saturated carbocycles. The van der Waals surface area contributed by atoms with Crippen molar-refractivity contribution in [2.75, 3.05) is 7.11 Å². The number of carbonyl (C=O) groups is 2. The quantitative estimate of drug-likeness (QED) is 0.729. The van der Waals surface area contributed by atoms with Crippen molar-refractivity contribution < 1.29 is 19.1 Å². The van der Waals surface area contributed by atoms with E-state index in [1.54, 1.807) is 27.0 Å². The van der Waals surface area contributed by atoms with Crippen LogP contribution in [-0.2, 0) is 19.7 Å². The minimum atomic E-state index is -0.702. The second-order valence-corrected chi connectivity index (χ2v) is 8.61. The van der Waals surface area contributed by atoms with Crippen molar-refractivity contribution in [3.63, 3.8) is 0 Å². The highest BCUT2D eigenvalue weighted by Crippen LogP contribution is 2.33. The van der Waals surface area contributed by atoms with Crippen LogP contribution in [0.4, 0.5) is 4.79 Å². The van der Waals surface area contributed by atoms with E-state index < -0.39 is 23.7 Å². The number of nitrogens with zero attached hydrogens (tertiary/aromatic N) is 1. The molecule has 0 aromatic heterocycles. The molecule has 5 heteroatoms. The van der Waals surface area contributed by atoms with Crippen molar-refractivity contribution in [2.45, 2.75) is 65.0 Å². The lowest BCUT2D eigenvalue weighted by molar-refractivity contribution is -0.145. The molecular weight excluding hydrogens is 330 g/mol. The van der Waals surface area contributed by atoms with Crippen LogP contribution in [0.25, 0.3) is 5.57 Å². The summed E-state index contributed by atoms with van der Waals surface area (Å²) in [4.78, 5) is 26.0. The molecule has 5 nitrogen and oxygen atoms in total. The van der Waals surface area contributed by atoms with Crippen molar-refractivity contribution in [3.8, 4) is 0 Å². The normalized spacial score (nSPS) is 17.7. The fourth-order valence-electron chi connectivity index (χ4n) is 2.82. The smallest absolute Gasteiger partial charge is 0.415 e. The number of benzene rings is 1. The Balaban J connectivity index is 2.30. The van der Waals surface area contributed by atoms with Gasteiger partial charge >= 0.3 is 12.1 Å². The Kier molecular flexibility index (Phi) is 5.49. The zero-order valence-electron chi connectivity index (χ0n) is 16.8. The van der Waals surface area contributed by atoms with Gasteiger partial charge in [-0.15, -0.1) is 0 Å². The van der Waals surface area contributed by atoms with Gasteiger partial charge in [0.2, 0.25) is 0 Å². The zero-order chi connectivity index (χ0) is 19.7. The Bertz CT molecular complexity index is 705. The monoisotopic (exact) mass is 359 g/mol. The molecule has 1 atom stereocenters. The Morgan fingerprint density at radius 1 is 1.04 bits per heavy atom. The minimum absolute atomic E-state index is 0.0691. The van der Waals surface area contributed by atoms with Crippen LogP contribution in [0, 0.1) is 0 Å². The third-order valence-corrected chi connectivity index (χ3v) is 4.24. The van der Waals surface area contributed by atoms with Crippen LogP contribution in [0.2, 0.25) is 0 Å². The van der Waals surface area contributed by atoms with Gasteiger partial charge in [0.1, 0.15) is 11.6 Å². The van der Waals surface area contributed by atoms with Gasteiger partial charge < -0.3 is 9.47 Å². The van der Waals surface area contributed by atoms with Crippen molar-refractivity contribution in [1.82, 2.24) is 4.90 Å². The van der Waals surface area contributed by atoms with Crippen molar-refractivity contribution in [3.05, 3.63) is 41.6 Å². The molecule has 0 radical (unpaired) electrons. The summed E-state index contributed by atoms with van der Waals surface area (Å²) in [6, 6.07) is 7.52. The Hall–Kier alpha value is -2.30. The average Bonchev–Trinajstić information content (AvgIpc) is 2.97. The largest absolute Gasteiger partial charge is 0.467 e. The topological polar surface area (TPSA) is 55.8 Å². The molecule has 1 heterocycles. The first kappa shape index (κ1) is 20.0. The second kappa shape index (κ2) is 7.14. The van der Waals surface area contributed by atoms with Crippen molar-refractivity contribution in [1.29, 1.82) is 0 Å². The van der Waals surface area contributed by atoms with Crippen molar-refractivity contribution in [2.24, 2.45) is 0 Å². The standard InChI is InChI=1S/C21H29NO4/c1-20(2,3)16-10-8-14(9-11-16)15-12-17(18(23)25-7)22(13-15)19(24)26-21(4,5)6/h8-11,13,17H,12H2,1-7H3/t17-/m0/s1. The van der Waals surface area contributed by atoms with E-state index in [1.165, 1.54) is 17.6 Å². The molecule has 142 valence electrons. The summed E-state index contributed by atoms with van der Waals surface area (Å²) >= 11 is 0. The maximum absolute atomic E-state index is 12.5. The molecule has 0 N–H and O–H groups in total. The number of methoxy groups -OCH3 is 1. The maximum atomic E-state index is 12.5. The first-order chi connectivity index (χ1) is 11.9. The SMILES string of the molecule is COC(=O)[C@@H]1CC(c2ccc(C(C)(C)C)cc2)=CN1C(=O)OC(C)(C)C. The highest BCUT2D eigenvalue weighted by atomic mass is 16.6. The average molecular weight is 359 g/mol. The third-order valence-electron chi connectivity index (χ3n) is 4.24. The Morgan fingerprint density at radius 2 is 1.62 bits per heavy atom. The molecule has 2 rings (SSSR count). The van der Waals surface area contributed by atoms with Gasteiger partial charge in [0.15, 0.2) is 0 Å². The van der Waals surface area contributed by atoms with Gasteiger partial charge in [0, 0.05) is 12.6 Å². The molecule has 0 unspecified atom stereocenters. The van der Waals surface area contributed by atoms with Crippen LogP contribution in [0.5, 0.6) is 0 Å². The van der Waals surface area contributed by atoms with E-state index in [9.17, 15) is 9.59 Å². The van der Waals surface area contributed by atoms with E-state index in [0.29, 0.717) is 6.42 Å². The zero-order valence-corrected chi connectivity index (χ0v) is 16.8. The maximum Gasteiger partial charge on any atom is 0.415 e. The molecule has 0 fully saturated rings. The first-order valence-electron chi connectivity index (χ1n) is 8.83. The Morgan fingerprint density at radius 3 is 2.08 bits per heavy atom. The predicted molar refractivity (Wildman–Crippen MR) is 102 cm³/mol. The van der Waals surface area contributed by atoms with Gasteiger partial charge in [-0.2, -0.15) is 0 Å². The van der Waals surface area contributed by atoms with Crippen LogP contribution >= 0.6 is 0 Å². The van der Waals surface area contributed by atoms with E-state index >= 15 is 0 Å². The van der Waals surface area contributed by atoms with Gasteiger partial charge in [-0.3, -0.25) is 4.90 Å². The van der Waals surface area contributed by atoms with Gasteiger partial charge in [0.05, 0.1) is 7.11 Å². The molecule has 1 aromatic carbocycles. The summed E-state index contributed by atoms with van der Waals surface area (Å²) in [6.07, 6.45) is 1.55. The number of esters is 1. The van der Waals surface area contributed by atoms with Gasteiger partial charge in [-0.1, -0.05) is 45.0 Å². The number of amides is 1. The molecule has 1 amide bonds. The molecule has 1 aliphatic rings. The van der Waals surface area contributed by atoms with Crippen LogP contribution in [-0.4, -0.2) is 35.7 Å². The lowest BCUT2D eigenvalue weighted by Crippen LogP contribution is -2.42. The molecule has 0 bridgehead atoms. The van der Waals surface area contributed by atoms with Gasteiger partial charge in [-0.25, -0.2) is 9.59 Å². The summed E-state index contributed by atoms with van der Waals surface area (Å²) in [5.74, 6) is -0.451. The first-order valence-corrected chi connectivity index (χ1v) is 8.83. The van der Waals surface area contributed by atoms with E-state index in [1.807, 2.05) is 12.1 Å². The summed E-state index contributed by atoms with van der Waals surface area (Å²) < 4.78 is 10.3. The van der Waals surface area contributed by atoms with Crippen molar-refractivity contribution >= 4 is 17.6 Å². The Labute approximate surface area is 156 Å². The number of hydrogen-bond acceptors (Lipinski definition) is 4. The lowest BCUT2D eigenvalue weighted by Gasteiger charge is -2.26. The second-order valence-electron chi connectivity index (χ2n) is 8.61. The summed E-state index contributed by atoms with van der Waals surface area (Å²) in [5.41, 5.74) is 2.56. The van der Waals surface area contributed by atoms with Gasteiger partial charge in [0.25, 0.3) is 0 Å². The summed E-state index contributed by atoms with van der Waals surface area (Å²) in [6.45, 7) is 11.9. The summed E-state index contributed by atoms with van der Waals surface area (Å²) in [5, 5.41) is 0. The van der Waals surface area contributed by atoms with E-state index in [4.69, 9.17) is 9.47 Å². The number of carbonyl (C=O) groups excluding carboxylic acids is 2. The molecular formula is C21H29NO4. The number of ether oxygens (including phenoxy) is 2. The number of hydrogen-bond donors (Lipinski definition) is 0. The number of rotatable bonds is 2. The van der Waals surface area contributed by atoms with Crippen LogP contribution in [0.1, 0.15) is 59.1 Å². The highest BCUT2D eigenvalue weighted by molar-refractivity contribution is 5.88. The fourth-order valence-corrected chi connectivity index (χ4v) is 2.82. The van der Waals surface area contributed by atoms with Crippen LogP contribution in [0.15, 0.2) is 30.5 Å².